The molecular weight excluding hydrogens is 250 g/mol. The number of hydrogen-bond acceptors (Lipinski definition) is 6. The Hall–Kier alpha value is -3.28. The van der Waals surface area contributed by atoms with Crippen LogP contribution >= 0.6 is 0 Å². The number of aromatic nitrogens is 5. The molecule has 3 heterocycles. The monoisotopic (exact) mass is 255 g/mol. The van der Waals surface area contributed by atoms with Crippen LogP contribution in [-0.2, 0) is 0 Å². The van der Waals surface area contributed by atoms with E-state index in [0.29, 0.717) is 16.9 Å². The summed E-state index contributed by atoms with van der Waals surface area (Å²) in [5, 5.41) is 27.3. The van der Waals surface area contributed by atoms with E-state index in [9.17, 15) is 10.1 Å². The maximum absolute atomic E-state index is 10.6. The van der Waals surface area contributed by atoms with Crippen molar-refractivity contribution in [3.8, 4) is 11.8 Å². The van der Waals surface area contributed by atoms with E-state index in [1.165, 1.54) is 27.8 Å². The summed E-state index contributed by atoms with van der Waals surface area (Å²) in [6.45, 7) is 0. The summed E-state index contributed by atoms with van der Waals surface area (Å²) < 4.78 is 2.74. The third kappa shape index (κ3) is 1.67. The van der Waals surface area contributed by atoms with Gasteiger partial charge in [0, 0.05) is 0 Å². The summed E-state index contributed by atoms with van der Waals surface area (Å²) in [4.78, 5) is 14.1. The van der Waals surface area contributed by atoms with Crippen molar-refractivity contribution in [3.05, 3.63) is 46.7 Å². The molecule has 92 valence electrons. The average Bonchev–Trinajstić information content (AvgIpc) is 3.04. The maximum Gasteiger partial charge on any atom is 0.307 e. The minimum atomic E-state index is -0.531. The third-order valence-electron chi connectivity index (χ3n) is 2.51. The molecule has 9 heteroatoms. The standard InChI is InChI=1S/C10H5N7O2/c11-1-7-2-13-16-5-8(3-12-10(7)16)15-6-9(4-14-15)17(18)19/h2-6H. The van der Waals surface area contributed by atoms with Crippen LogP contribution in [0, 0.1) is 21.4 Å². The van der Waals surface area contributed by atoms with Gasteiger partial charge in [-0.2, -0.15) is 15.5 Å². The summed E-state index contributed by atoms with van der Waals surface area (Å²) in [5.74, 6) is 0. The second-order valence-corrected chi connectivity index (χ2v) is 3.65. The van der Waals surface area contributed by atoms with Crippen LogP contribution in [0.1, 0.15) is 5.56 Å². The molecule has 0 saturated carbocycles. The number of nitrogens with zero attached hydrogens (tertiary/aromatic N) is 7. The Kier molecular flexibility index (Phi) is 2.22. The molecule has 19 heavy (non-hydrogen) atoms. The van der Waals surface area contributed by atoms with E-state index < -0.39 is 4.92 Å². The zero-order valence-corrected chi connectivity index (χ0v) is 9.33. The van der Waals surface area contributed by atoms with Crippen LogP contribution in [-0.4, -0.2) is 29.3 Å². The SMILES string of the molecule is N#Cc1cnn2cc(-n3cc([N+](=O)[O-])cn3)cnc12. The molecule has 0 saturated heterocycles. The van der Waals surface area contributed by atoms with Gasteiger partial charge >= 0.3 is 5.69 Å². The molecule has 3 aromatic heterocycles. The quantitative estimate of drug-likeness (QED) is 0.491. The van der Waals surface area contributed by atoms with Gasteiger partial charge < -0.3 is 0 Å². The molecule has 0 atom stereocenters. The molecular formula is C10H5N7O2. The highest BCUT2D eigenvalue weighted by atomic mass is 16.6. The second-order valence-electron chi connectivity index (χ2n) is 3.65. The molecule has 3 aromatic rings. The first kappa shape index (κ1) is 10.8. The topological polar surface area (TPSA) is 115 Å². The predicted molar refractivity (Wildman–Crippen MR) is 61.5 cm³/mol. The van der Waals surface area contributed by atoms with Gasteiger partial charge in [0.1, 0.15) is 29.7 Å². The molecule has 0 aromatic carbocycles. The van der Waals surface area contributed by atoms with Crippen molar-refractivity contribution >= 4 is 11.3 Å². The number of fused-ring (bicyclic) bond motifs is 1. The first-order valence-electron chi connectivity index (χ1n) is 5.12. The minimum Gasteiger partial charge on any atom is -0.258 e. The number of nitriles is 1. The van der Waals surface area contributed by atoms with Gasteiger partial charge in [-0.05, 0) is 0 Å². The van der Waals surface area contributed by atoms with E-state index in [0.717, 1.165) is 6.20 Å². The number of nitro groups is 1. The molecule has 0 unspecified atom stereocenters. The van der Waals surface area contributed by atoms with Gasteiger partial charge in [-0.15, -0.1) is 0 Å². The van der Waals surface area contributed by atoms with Crippen LogP contribution in [0.25, 0.3) is 11.3 Å². The van der Waals surface area contributed by atoms with Crippen molar-refractivity contribution in [3.63, 3.8) is 0 Å². The van der Waals surface area contributed by atoms with Crippen LogP contribution in [0.2, 0.25) is 0 Å². The normalized spacial score (nSPS) is 10.5. The van der Waals surface area contributed by atoms with Crippen molar-refractivity contribution in [1.82, 2.24) is 24.4 Å². The van der Waals surface area contributed by atoms with E-state index in [2.05, 4.69) is 15.2 Å². The Labute approximate surface area is 105 Å². The van der Waals surface area contributed by atoms with E-state index in [1.54, 1.807) is 6.20 Å². The summed E-state index contributed by atoms with van der Waals surface area (Å²) in [5.41, 5.74) is 1.18. The Morgan fingerprint density at radius 2 is 2.11 bits per heavy atom. The zero-order chi connectivity index (χ0) is 13.4. The Morgan fingerprint density at radius 3 is 2.79 bits per heavy atom. The fraction of sp³-hybridized carbons (Fsp3) is 0. The van der Waals surface area contributed by atoms with Crippen molar-refractivity contribution in [2.75, 3.05) is 0 Å². The van der Waals surface area contributed by atoms with Gasteiger partial charge in [0.15, 0.2) is 5.65 Å². The first-order valence-corrected chi connectivity index (χ1v) is 5.12. The van der Waals surface area contributed by atoms with Gasteiger partial charge in [0.2, 0.25) is 0 Å². The van der Waals surface area contributed by atoms with Crippen molar-refractivity contribution in [1.29, 1.82) is 5.26 Å². The lowest BCUT2D eigenvalue weighted by molar-refractivity contribution is -0.384. The first-order chi connectivity index (χ1) is 9.19. The van der Waals surface area contributed by atoms with Gasteiger partial charge in [-0.1, -0.05) is 0 Å². The fourth-order valence-corrected chi connectivity index (χ4v) is 1.61. The molecule has 0 bridgehead atoms. The summed E-state index contributed by atoms with van der Waals surface area (Å²) in [7, 11) is 0. The lowest BCUT2D eigenvalue weighted by Gasteiger charge is -2.00. The summed E-state index contributed by atoms with van der Waals surface area (Å²) >= 11 is 0. The molecule has 0 fully saturated rings. The Bertz CT molecular complexity index is 826. The van der Waals surface area contributed by atoms with Gasteiger partial charge in [0.25, 0.3) is 0 Å². The Balaban J connectivity index is 2.10. The fourth-order valence-electron chi connectivity index (χ4n) is 1.61. The molecule has 9 nitrogen and oxygen atoms in total. The van der Waals surface area contributed by atoms with E-state index in [-0.39, 0.29) is 5.69 Å². The van der Waals surface area contributed by atoms with Crippen LogP contribution in [0.4, 0.5) is 5.69 Å². The van der Waals surface area contributed by atoms with E-state index >= 15 is 0 Å². The number of hydrogen-bond donors (Lipinski definition) is 0. The van der Waals surface area contributed by atoms with Gasteiger partial charge in [-0.25, -0.2) is 14.2 Å². The van der Waals surface area contributed by atoms with Gasteiger partial charge in [0.05, 0.1) is 23.5 Å². The maximum atomic E-state index is 10.6. The largest absolute Gasteiger partial charge is 0.307 e. The molecule has 0 N–H and O–H groups in total. The smallest absolute Gasteiger partial charge is 0.258 e. The second kappa shape index (κ2) is 3.88. The lowest BCUT2D eigenvalue weighted by atomic mass is 10.4. The van der Waals surface area contributed by atoms with Crippen LogP contribution in [0.5, 0.6) is 0 Å². The van der Waals surface area contributed by atoms with Crippen molar-refractivity contribution in [2.24, 2.45) is 0 Å². The summed E-state index contributed by atoms with van der Waals surface area (Å²) in [6, 6.07) is 1.97. The predicted octanol–water partition coefficient (Wildman–Crippen LogP) is 0.695. The van der Waals surface area contributed by atoms with E-state index in [4.69, 9.17) is 5.26 Å². The highest BCUT2D eigenvalue weighted by molar-refractivity contribution is 5.54. The third-order valence-corrected chi connectivity index (χ3v) is 2.51. The average molecular weight is 255 g/mol. The molecule has 0 spiro atoms. The Morgan fingerprint density at radius 1 is 1.26 bits per heavy atom. The molecule has 0 aliphatic carbocycles. The van der Waals surface area contributed by atoms with Crippen molar-refractivity contribution in [2.45, 2.75) is 0 Å². The molecule has 0 amide bonds. The van der Waals surface area contributed by atoms with Crippen LogP contribution in [0.15, 0.2) is 31.0 Å². The zero-order valence-electron chi connectivity index (χ0n) is 9.33. The lowest BCUT2D eigenvalue weighted by Crippen LogP contribution is -1.99. The number of rotatable bonds is 2. The molecule has 0 radical (unpaired) electrons. The highest BCUT2D eigenvalue weighted by Crippen LogP contribution is 2.14. The van der Waals surface area contributed by atoms with E-state index in [1.807, 2.05) is 6.07 Å². The van der Waals surface area contributed by atoms with Crippen LogP contribution < -0.4 is 0 Å². The molecule has 3 rings (SSSR count). The minimum absolute atomic E-state index is 0.113. The molecule has 0 aliphatic heterocycles. The van der Waals surface area contributed by atoms with Crippen molar-refractivity contribution < 1.29 is 4.92 Å². The molecule has 0 aliphatic rings. The highest BCUT2D eigenvalue weighted by Gasteiger charge is 2.11. The van der Waals surface area contributed by atoms with Gasteiger partial charge in [-0.3, -0.25) is 10.1 Å². The summed E-state index contributed by atoms with van der Waals surface area (Å²) in [6.07, 6.45) is 6.87. The van der Waals surface area contributed by atoms with Crippen LogP contribution in [0.3, 0.4) is 0 Å².